The number of hydrogen-bond acceptors (Lipinski definition) is 3. The number of rotatable bonds is 6. The minimum absolute atomic E-state index is 0.177. The maximum Gasteiger partial charge on any atom is 0.237 e. The van der Waals surface area contributed by atoms with Crippen molar-refractivity contribution in [2.24, 2.45) is 17.6 Å². The molecular formula is C16H31N3O. The fraction of sp³-hybridized carbons (Fsp3) is 0.938. The lowest BCUT2D eigenvalue weighted by atomic mass is 9.77. The quantitative estimate of drug-likeness (QED) is 0.779. The maximum absolute atomic E-state index is 12.0. The van der Waals surface area contributed by atoms with E-state index in [0.29, 0.717) is 6.04 Å². The first kappa shape index (κ1) is 15.8. The van der Waals surface area contributed by atoms with E-state index in [1.54, 1.807) is 0 Å². The average Bonchev–Trinajstić information content (AvgIpc) is 3.04. The molecule has 0 heterocycles. The summed E-state index contributed by atoms with van der Waals surface area (Å²) in [5, 5.41) is 3.46. The maximum atomic E-state index is 12.0. The standard InChI is InChI=1S/C16H31N3O/c1-11(2)18-16(15(17)20)7-5-6-14(9-16)19(4)10-13-8-12(13)3/h11-14,18H,5-10H2,1-4H3,(H2,17,20). The van der Waals surface area contributed by atoms with Gasteiger partial charge in [0.15, 0.2) is 0 Å². The predicted octanol–water partition coefficient (Wildman–Crippen LogP) is 1.74. The van der Waals surface area contributed by atoms with Gasteiger partial charge in [0, 0.05) is 18.6 Å². The first-order valence-electron chi connectivity index (χ1n) is 8.12. The van der Waals surface area contributed by atoms with Crippen LogP contribution in [0, 0.1) is 11.8 Å². The Bertz CT molecular complexity index is 358. The van der Waals surface area contributed by atoms with Crippen molar-refractivity contribution in [3.63, 3.8) is 0 Å². The zero-order valence-corrected chi connectivity index (χ0v) is 13.5. The summed E-state index contributed by atoms with van der Waals surface area (Å²) in [7, 11) is 2.21. The summed E-state index contributed by atoms with van der Waals surface area (Å²) in [6, 6.07) is 0.769. The van der Waals surface area contributed by atoms with Gasteiger partial charge in [-0.25, -0.2) is 0 Å². The van der Waals surface area contributed by atoms with Crippen LogP contribution in [0.15, 0.2) is 0 Å². The summed E-state index contributed by atoms with van der Waals surface area (Å²) in [6.07, 6.45) is 5.37. The minimum Gasteiger partial charge on any atom is -0.368 e. The van der Waals surface area contributed by atoms with E-state index in [2.05, 4.69) is 38.0 Å². The van der Waals surface area contributed by atoms with Crippen LogP contribution in [0.2, 0.25) is 0 Å². The minimum atomic E-state index is -0.499. The number of nitrogens with two attached hydrogens (primary N) is 1. The highest BCUT2D eigenvalue weighted by atomic mass is 16.1. The molecule has 20 heavy (non-hydrogen) atoms. The van der Waals surface area contributed by atoms with Gasteiger partial charge >= 0.3 is 0 Å². The van der Waals surface area contributed by atoms with Crippen LogP contribution < -0.4 is 11.1 Å². The second-order valence-corrected chi connectivity index (χ2v) is 7.41. The van der Waals surface area contributed by atoms with Crippen LogP contribution >= 0.6 is 0 Å². The van der Waals surface area contributed by atoms with Crippen molar-refractivity contribution in [2.45, 2.75) is 70.5 Å². The molecule has 0 aromatic heterocycles. The number of carbonyl (C=O) groups is 1. The number of primary amides is 1. The fourth-order valence-corrected chi connectivity index (χ4v) is 3.77. The Hall–Kier alpha value is -0.610. The summed E-state index contributed by atoms with van der Waals surface area (Å²) in [6.45, 7) is 7.67. The Morgan fingerprint density at radius 3 is 2.65 bits per heavy atom. The average molecular weight is 281 g/mol. The van der Waals surface area contributed by atoms with Crippen molar-refractivity contribution in [3.05, 3.63) is 0 Å². The van der Waals surface area contributed by atoms with Crippen molar-refractivity contribution in [1.29, 1.82) is 0 Å². The molecule has 3 N–H and O–H groups in total. The molecule has 0 bridgehead atoms. The Balaban J connectivity index is 1.99. The third-order valence-corrected chi connectivity index (χ3v) is 5.18. The largest absolute Gasteiger partial charge is 0.368 e. The number of carbonyl (C=O) groups excluding carboxylic acids is 1. The molecule has 0 saturated heterocycles. The third-order valence-electron chi connectivity index (χ3n) is 5.18. The second-order valence-electron chi connectivity index (χ2n) is 7.41. The lowest BCUT2D eigenvalue weighted by molar-refractivity contribution is -0.127. The number of nitrogens with one attached hydrogen (secondary N) is 1. The van der Waals surface area contributed by atoms with Crippen LogP contribution in [0.1, 0.15) is 52.9 Å². The van der Waals surface area contributed by atoms with Gasteiger partial charge < -0.3 is 16.0 Å². The number of hydrogen-bond donors (Lipinski definition) is 2. The topological polar surface area (TPSA) is 58.4 Å². The van der Waals surface area contributed by atoms with Gasteiger partial charge in [0.25, 0.3) is 0 Å². The SMILES string of the molecule is CC(C)NC1(C(N)=O)CCCC(N(C)CC2CC2C)C1. The van der Waals surface area contributed by atoms with Gasteiger partial charge in [0.05, 0.1) is 5.54 Å². The molecule has 0 spiro atoms. The summed E-state index contributed by atoms with van der Waals surface area (Å²) in [4.78, 5) is 14.5. The highest BCUT2D eigenvalue weighted by Crippen LogP contribution is 2.39. The molecule has 4 nitrogen and oxygen atoms in total. The van der Waals surface area contributed by atoms with Gasteiger partial charge in [0.2, 0.25) is 5.91 Å². The molecular weight excluding hydrogens is 250 g/mol. The van der Waals surface area contributed by atoms with E-state index in [4.69, 9.17) is 5.73 Å². The first-order chi connectivity index (χ1) is 9.34. The van der Waals surface area contributed by atoms with E-state index in [0.717, 1.165) is 31.1 Å². The molecule has 0 aliphatic heterocycles. The Morgan fingerprint density at radius 1 is 1.50 bits per heavy atom. The Morgan fingerprint density at radius 2 is 2.15 bits per heavy atom. The van der Waals surface area contributed by atoms with Crippen molar-refractivity contribution < 1.29 is 4.79 Å². The molecule has 0 aromatic rings. The Kier molecular flexibility index (Phi) is 4.75. The fourth-order valence-electron chi connectivity index (χ4n) is 3.77. The summed E-state index contributed by atoms with van der Waals surface area (Å²) in [5.74, 6) is 1.57. The third kappa shape index (κ3) is 3.53. The molecule has 2 fully saturated rings. The van der Waals surface area contributed by atoms with E-state index in [1.165, 1.54) is 19.4 Å². The van der Waals surface area contributed by atoms with Crippen molar-refractivity contribution >= 4 is 5.91 Å². The lowest BCUT2D eigenvalue weighted by Gasteiger charge is -2.43. The summed E-state index contributed by atoms with van der Waals surface area (Å²) < 4.78 is 0. The van der Waals surface area contributed by atoms with Crippen LogP contribution in [0.25, 0.3) is 0 Å². The lowest BCUT2D eigenvalue weighted by Crippen LogP contribution is -2.62. The highest BCUT2D eigenvalue weighted by Gasteiger charge is 2.43. The first-order valence-corrected chi connectivity index (χ1v) is 8.12. The summed E-state index contributed by atoms with van der Waals surface area (Å²) >= 11 is 0. The van der Waals surface area contributed by atoms with Crippen molar-refractivity contribution in [3.8, 4) is 0 Å². The van der Waals surface area contributed by atoms with Gasteiger partial charge in [-0.2, -0.15) is 0 Å². The second kappa shape index (κ2) is 6.02. The molecule has 4 heteroatoms. The Labute approximate surface area is 123 Å². The zero-order valence-electron chi connectivity index (χ0n) is 13.5. The van der Waals surface area contributed by atoms with E-state index < -0.39 is 5.54 Å². The molecule has 2 aliphatic rings. The highest BCUT2D eigenvalue weighted by molar-refractivity contribution is 5.85. The molecule has 116 valence electrons. The van der Waals surface area contributed by atoms with Gasteiger partial charge in [-0.1, -0.05) is 6.92 Å². The number of nitrogens with zero attached hydrogens (tertiary/aromatic N) is 1. The van der Waals surface area contributed by atoms with Crippen LogP contribution in [-0.2, 0) is 4.79 Å². The zero-order chi connectivity index (χ0) is 14.9. The van der Waals surface area contributed by atoms with Crippen LogP contribution in [0.3, 0.4) is 0 Å². The molecule has 0 radical (unpaired) electrons. The van der Waals surface area contributed by atoms with Crippen LogP contribution in [-0.4, -0.2) is 42.0 Å². The van der Waals surface area contributed by atoms with E-state index >= 15 is 0 Å². The van der Waals surface area contributed by atoms with Gasteiger partial charge in [0.1, 0.15) is 0 Å². The molecule has 1 amide bonds. The molecule has 2 saturated carbocycles. The van der Waals surface area contributed by atoms with E-state index in [1.807, 2.05) is 0 Å². The molecule has 4 atom stereocenters. The van der Waals surface area contributed by atoms with Crippen LogP contribution in [0.4, 0.5) is 0 Å². The molecule has 0 aromatic carbocycles. The monoisotopic (exact) mass is 281 g/mol. The molecule has 2 rings (SSSR count). The molecule has 4 unspecified atom stereocenters. The van der Waals surface area contributed by atoms with Gasteiger partial charge in [-0.05, 0) is 64.8 Å². The normalized spacial score (nSPS) is 37.4. The van der Waals surface area contributed by atoms with Gasteiger partial charge in [-0.3, -0.25) is 4.79 Å². The smallest absolute Gasteiger partial charge is 0.237 e. The van der Waals surface area contributed by atoms with Crippen molar-refractivity contribution in [2.75, 3.05) is 13.6 Å². The summed E-state index contributed by atoms with van der Waals surface area (Å²) in [5.41, 5.74) is 5.23. The van der Waals surface area contributed by atoms with E-state index in [-0.39, 0.29) is 11.9 Å². The van der Waals surface area contributed by atoms with Gasteiger partial charge in [-0.15, -0.1) is 0 Å². The van der Waals surface area contributed by atoms with Crippen LogP contribution in [0.5, 0.6) is 0 Å². The van der Waals surface area contributed by atoms with Crippen molar-refractivity contribution in [1.82, 2.24) is 10.2 Å². The number of amides is 1. The predicted molar refractivity (Wildman–Crippen MR) is 82.4 cm³/mol. The molecule has 2 aliphatic carbocycles. The van der Waals surface area contributed by atoms with E-state index in [9.17, 15) is 4.79 Å².